The van der Waals surface area contributed by atoms with Gasteiger partial charge in [-0.15, -0.1) is 0 Å². The first-order chi connectivity index (χ1) is 21.4. The fourth-order valence-corrected chi connectivity index (χ4v) is 6.13. The van der Waals surface area contributed by atoms with Gasteiger partial charge in [0.05, 0.1) is 13.1 Å². The number of halogens is 1. The summed E-state index contributed by atoms with van der Waals surface area (Å²) in [6.07, 6.45) is 0.0952. The van der Waals surface area contributed by atoms with E-state index < -0.39 is 79.0 Å². The zero-order valence-corrected chi connectivity index (χ0v) is 24.3. The van der Waals surface area contributed by atoms with Crippen LogP contribution in [0, 0.1) is 5.82 Å². The molecule has 2 aliphatic carbocycles. The summed E-state index contributed by atoms with van der Waals surface area (Å²) in [6, 6.07) is 9.07. The molecule has 1 saturated carbocycles. The normalized spacial score (nSPS) is 21.7. The van der Waals surface area contributed by atoms with Gasteiger partial charge in [0, 0.05) is 43.3 Å². The SMILES string of the molecule is CNC(=O)Nc1ccc2c(c1)CC[C@@]21OC(=O)N(CC(=O)N(Cc2ccc(F)cc2)C2CC(N(CC(=O)O)CC(=O)O)C2)C1=O. The number of nitrogens with zero attached hydrogens (tertiary/aromatic N) is 3. The molecular formula is C30H32FN5O9. The molecule has 2 aromatic rings. The van der Waals surface area contributed by atoms with Crippen LogP contribution in [-0.2, 0) is 42.5 Å². The van der Waals surface area contributed by atoms with Crippen molar-refractivity contribution >= 4 is 41.6 Å². The number of carboxylic acid groups (broad SMARTS) is 2. The maximum Gasteiger partial charge on any atom is 0.418 e. The highest BCUT2D eigenvalue weighted by atomic mass is 19.1. The number of aryl methyl sites for hydroxylation is 1. The Bertz CT molecular complexity index is 1530. The number of carbonyl (C=O) groups is 6. The van der Waals surface area contributed by atoms with Crippen molar-refractivity contribution in [1.82, 2.24) is 20.0 Å². The Labute approximate surface area is 256 Å². The van der Waals surface area contributed by atoms with E-state index in [1.807, 2.05) is 0 Å². The lowest BCUT2D eigenvalue weighted by Gasteiger charge is -2.47. The van der Waals surface area contributed by atoms with Crippen molar-refractivity contribution in [3.63, 3.8) is 0 Å². The second kappa shape index (κ2) is 12.5. The third-order valence-electron chi connectivity index (χ3n) is 8.45. The van der Waals surface area contributed by atoms with E-state index in [1.54, 1.807) is 18.2 Å². The van der Waals surface area contributed by atoms with Gasteiger partial charge >= 0.3 is 24.1 Å². The Hall–Kier alpha value is -5.05. The lowest BCUT2D eigenvalue weighted by Crippen LogP contribution is -2.58. The maximum atomic E-state index is 13.8. The topological polar surface area (TPSA) is 186 Å². The minimum atomic E-state index is -1.60. The average Bonchev–Trinajstić information content (AvgIpc) is 3.43. The molecule has 0 aromatic heterocycles. The first kappa shape index (κ1) is 31.4. The lowest BCUT2D eigenvalue weighted by molar-refractivity contribution is -0.148. The van der Waals surface area contributed by atoms with Crippen molar-refractivity contribution in [3.8, 4) is 0 Å². The molecule has 1 aliphatic heterocycles. The number of urea groups is 1. The van der Waals surface area contributed by atoms with Gasteiger partial charge in [-0.25, -0.2) is 18.9 Å². The van der Waals surface area contributed by atoms with Gasteiger partial charge in [0.2, 0.25) is 11.5 Å². The number of anilines is 1. The molecule has 4 N–H and O–H groups in total. The van der Waals surface area contributed by atoms with Crippen molar-refractivity contribution in [2.75, 3.05) is 32.0 Å². The molecule has 45 heavy (non-hydrogen) atoms. The van der Waals surface area contributed by atoms with E-state index in [9.17, 15) is 43.4 Å². The highest BCUT2D eigenvalue weighted by Crippen LogP contribution is 2.46. The van der Waals surface area contributed by atoms with E-state index in [2.05, 4.69) is 10.6 Å². The number of ether oxygens (including phenoxy) is 1. The van der Waals surface area contributed by atoms with Gasteiger partial charge in [-0.3, -0.25) is 24.1 Å². The highest BCUT2D eigenvalue weighted by Gasteiger charge is 2.58. The Kier molecular flexibility index (Phi) is 8.73. The first-order valence-electron chi connectivity index (χ1n) is 14.3. The standard InChI is InChI=1S/C30H32FN5O9/c1-32-28(43)33-20-6-7-23-18(10-20)8-9-30(23)27(42)36(29(44)45-30)14-24(37)35(13-17-2-4-19(31)5-3-17)22-11-21(12-22)34(15-25(38)39)16-26(40)41/h2-7,10,21-22H,8-9,11-16H2,1H3,(H,38,39)(H,40,41)(H2,32,33,43)/t21?,22?,30-/m1/s1. The van der Waals surface area contributed by atoms with Crippen molar-refractivity contribution in [3.05, 3.63) is 65.0 Å². The molecule has 15 heteroatoms. The van der Waals surface area contributed by atoms with Crippen LogP contribution in [0.2, 0.25) is 0 Å². The summed E-state index contributed by atoms with van der Waals surface area (Å²) in [5.41, 5.74) is 0.660. The molecule has 2 aromatic carbocycles. The lowest BCUT2D eigenvalue weighted by atomic mass is 9.83. The van der Waals surface area contributed by atoms with Crippen molar-refractivity contribution in [2.45, 2.75) is 49.9 Å². The fourth-order valence-electron chi connectivity index (χ4n) is 6.13. The predicted octanol–water partition coefficient (Wildman–Crippen LogP) is 1.73. The number of benzene rings is 2. The quantitative estimate of drug-likeness (QED) is 0.287. The largest absolute Gasteiger partial charge is 0.480 e. The summed E-state index contributed by atoms with van der Waals surface area (Å²) >= 11 is 0. The molecule has 2 fully saturated rings. The summed E-state index contributed by atoms with van der Waals surface area (Å²) in [6.45, 7) is -1.59. The van der Waals surface area contributed by atoms with E-state index in [-0.39, 0.29) is 25.8 Å². The van der Waals surface area contributed by atoms with Gasteiger partial charge in [-0.2, -0.15) is 0 Å². The molecule has 0 bridgehead atoms. The zero-order valence-electron chi connectivity index (χ0n) is 24.3. The molecule has 1 spiro atoms. The summed E-state index contributed by atoms with van der Waals surface area (Å²) < 4.78 is 19.2. The summed E-state index contributed by atoms with van der Waals surface area (Å²) in [4.78, 5) is 78.4. The zero-order chi connectivity index (χ0) is 32.5. The Morgan fingerprint density at radius 2 is 1.69 bits per heavy atom. The Balaban J connectivity index is 1.33. The summed E-state index contributed by atoms with van der Waals surface area (Å²) in [5.74, 6) is -4.12. The van der Waals surface area contributed by atoms with Gasteiger partial charge in [-0.05, 0) is 54.7 Å². The molecule has 5 rings (SSSR count). The Morgan fingerprint density at radius 1 is 1.02 bits per heavy atom. The molecule has 14 nitrogen and oxygen atoms in total. The highest BCUT2D eigenvalue weighted by molar-refractivity contribution is 6.06. The van der Waals surface area contributed by atoms with E-state index in [1.165, 1.54) is 41.1 Å². The second-order valence-corrected chi connectivity index (χ2v) is 11.3. The minimum absolute atomic E-state index is 0.0144. The molecule has 1 saturated heterocycles. The van der Waals surface area contributed by atoms with Crippen molar-refractivity contribution in [1.29, 1.82) is 0 Å². The van der Waals surface area contributed by atoms with E-state index in [4.69, 9.17) is 4.74 Å². The number of carbonyl (C=O) groups excluding carboxylic acids is 4. The van der Waals surface area contributed by atoms with Gasteiger partial charge in [0.25, 0.3) is 5.91 Å². The molecule has 1 heterocycles. The van der Waals surface area contributed by atoms with Crippen LogP contribution in [0.5, 0.6) is 0 Å². The van der Waals surface area contributed by atoms with Crippen molar-refractivity contribution in [2.24, 2.45) is 0 Å². The van der Waals surface area contributed by atoms with Gasteiger partial charge in [-0.1, -0.05) is 18.2 Å². The molecule has 5 amide bonds. The predicted molar refractivity (Wildman–Crippen MR) is 153 cm³/mol. The monoisotopic (exact) mass is 625 g/mol. The molecular weight excluding hydrogens is 593 g/mol. The van der Waals surface area contributed by atoms with Crippen LogP contribution in [0.3, 0.4) is 0 Å². The minimum Gasteiger partial charge on any atom is -0.480 e. The Morgan fingerprint density at radius 3 is 2.31 bits per heavy atom. The van der Waals surface area contributed by atoms with Crippen LogP contribution >= 0.6 is 0 Å². The number of hydrogen-bond donors (Lipinski definition) is 4. The van der Waals surface area contributed by atoms with E-state index in [0.29, 0.717) is 28.8 Å². The second-order valence-electron chi connectivity index (χ2n) is 11.3. The molecule has 0 unspecified atom stereocenters. The number of nitrogens with one attached hydrogen (secondary N) is 2. The first-order valence-corrected chi connectivity index (χ1v) is 14.3. The number of imide groups is 1. The van der Waals surface area contributed by atoms with E-state index >= 15 is 0 Å². The van der Waals surface area contributed by atoms with E-state index in [0.717, 1.165) is 4.90 Å². The molecule has 0 radical (unpaired) electrons. The fraction of sp³-hybridized carbons (Fsp3) is 0.400. The smallest absolute Gasteiger partial charge is 0.418 e. The maximum absolute atomic E-state index is 13.8. The number of hydrogen-bond acceptors (Lipinski definition) is 8. The van der Waals surface area contributed by atoms with Crippen molar-refractivity contribution < 1.29 is 48.1 Å². The average molecular weight is 626 g/mol. The number of aliphatic carboxylic acids is 2. The third-order valence-corrected chi connectivity index (χ3v) is 8.45. The number of rotatable bonds is 11. The number of carboxylic acids is 2. The third kappa shape index (κ3) is 6.43. The molecule has 3 aliphatic rings. The van der Waals surface area contributed by atoms with Crippen LogP contribution in [0.25, 0.3) is 0 Å². The van der Waals surface area contributed by atoms with Gasteiger partial charge in [0.1, 0.15) is 12.4 Å². The van der Waals surface area contributed by atoms with Crippen LogP contribution in [0.15, 0.2) is 42.5 Å². The van der Waals surface area contributed by atoms with Crippen LogP contribution in [-0.4, -0.2) is 99.6 Å². The number of amides is 5. The van der Waals surface area contributed by atoms with Crippen LogP contribution < -0.4 is 10.6 Å². The van der Waals surface area contributed by atoms with Gasteiger partial charge in [0.15, 0.2) is 0 Å². The summed E-state index contributed by atoms with van der Waals surface area (Å²) in [5, 5.41) is 23.6. The van der Waals surface area contributed by atoms with Crippen LogP contribution in [0.1, 0.15) is 36.0 Å². The molecule has 238 valence electrons. The summed E-state index contributed by atoms with van der Waals surface area (Å²) in [7, 11) is 1.47. The van der Waals surface area contributed by atoms with Crippen LogP contribution in [0.4, 0.5) is 19.7 Å². The molecule has 1 atom stereocenters. The van der Waals surface area contributed by atoms with Gasteiger partial charge < -0.3 is 30.5 Å². The number of fused-ring (bicyclic) bond motifs is 2.